The molecule has 0 unspecified atom stereocenters. The first-order valence-corrected chi connectivity index (χ1v) is 3.44. The molecule has 2 nitrogen and oxygen atoms in total. The lowest BCUT2D eigenvalue weighted by Crippen LogP contribution is -2.07. The van der Waals surface area contributed by atoms with E-state index in [4.69, 9.17) is 0 Å². The summed E-state index contributed by atoms with van der Waals surface area (Å²) in [5.41, 5.74) is -0.241. The third-order valence-electron chi connectivity index (χ3n) is 1.19. The summed E-state index contributed by atoms with van der Waals surface area (Å²) in [6.45, 7) is 0. The van der Waals surface area contributed by atoms with Crippen LogP contribution in [0, 0.1) is 11.6 Å². The molecule has 1 rings (SSSR count). The lowest BCUT2D eigenvalue weighted by Gasteiger charge is -2.01. The molecule has 1 aromatic rings. The van der Waals surface area contributed by atoms with Crippen LogP contribution in [0.3, 0.4) is 0 Å². The fourth-order valence-corrected chi connectivity index (χ4v) is 0.820. The van der Waals surface area contributed by atoms with Crippen LogP contribution in [-0.2, 0) is 5.11 Å². The second kappa shape index (κ2) is 3.44. The van der Waals surface area contributed by atoms with E-state index in [0.717, 1.165) is 6.07 Å². The molecule has 0 aliphatic carbocycles. The van der Waals surface area contributed by atoms with Gasteiger partial charge in [-0.1, -0.05) is 6.07 Å². The van der Waals surface area contributed by atoms with Gasteiger partial charge in [0.25, 0.3) is 0 Å². The van der Waals surface area contributed by atoms with Crippen molar-refractivity contribution in [3.05, 3.63) is 29.8 Å². The van der Waals surface area contributed by atoms with Gasteiger partial charge in [0.05, 0.1) is 5.69 Å². The molecule has 1 aromatic carbocycles. The Bertz CT molecular complexity index is 316. The van der Waals surface area contributed by atoms with E-state index in [-0.39, 0.29) is 5.69 Å². The predicted molar refractivity (Wildman–Crippen MR) is 43.3 cm³/mol. The molecular weight excluding hydrogens is 184 g/mol. The highest BCUT2D eigenvalue weighted by Gasteiger charge is 2.07. The lowest BCUT2D eigenvalue weighted by molar-refractivity contribution is 0.439. The van der Waals surface area contributed by atoms with Gasteiger partial charge in [-0.3, -0.25) is 5.11 Å². The molecule has 0 amide bonds. The summed E-state index contributed by atoms with van der Waals surface area (Å²) in [6, 6.07) is 3.45. The zero-order valence-electron chi connectivity index (χ0n) is 5.80. The molecule has 0 bridgehead atoms. The molecule has 0 atom stereocenters. The standard InChI is InChI=1S/C7H4F2NOS/c8-4-2-1-3-5(6(4)9)10-7(11)12/h1-3H,(H,10,12). The topological polar surface area (TPSA) is 31.9 Å². The molecule has 0 heterocycles. The summed E-state index contributed by atoms with van der Waals surface area (Å²) in [7, 11) is 0. The number of nitrogens with one attached hydrogen (secondary N) is 1. The van der Waals surface area contributed by atoms with Crippen molar-refractivity contribution in [2.24, 2.45) is 0 Å². The first-order valence-electron chi connectivity index (χ1n) is 3.03. The Hall–Kier alpha value is -1.23. The Morgan fingerprint density at radius 3 is 2.67 bits per heavy atom. The maximum absolute atomic E-state index is 12.7. The molecule has 1 radical (unpaired) electrons. The molecular formula is C7H4F2NOS. The van der Waals surface area contributed by atoms with Crippen molar-refractivity contribution in [1.82, 2.24) is 0 Å². The zero-order valence-corrected chi connectivity index (χ0v) is 6.62. The molecule has 0 aromatic heterocycles. The van der Waals surface area contributed by atoms with Gasteiger partial charge in [0, 0.05) is 0 Å². The van der Waals surface area contributed by atoms with Crippen molar-refractivity contribution in [2.45, 2.75) is 0 Å². The highest BCUT2D eigenvalue weighted by atomic mass is 32.1. The van der Waals surface area contributed by atoms with Crippen molar-refractivity contribution < 1.29 is 13.9 Å². The van der Waals surface area contributed by atoms with Gasteiger partial charge in [0.2, 0.25) is 0 Å². The molecule has 0 aliphatic rings. The Labute approximate surface area is 72.8 Å². The van der Waals surface area contributed by atoms with Crippen molar-refractivity contribution in [3.8, 4) is 0 Å². The van der Waals surface area contributed by atoms with Crippen LogP contribution in [0.25, 0.3) is 0 Å². The van der Waals surface area contributed by atoms with Crippen molar-refractivity contribution in [2.75, 3.05) is 5.32 Å². The average molecular weight is 188 g/mol. The highest BCUT2D eigenvalue weighted by molar-refractivity contribution is 7.80. The average Bonchev–Trinajstić information content (AvgIpc) is 1.98. The number of thiocarbonyl (C=S) groups is 1. The van der Waals surface area contributed by atoms with E-state index >= 15 is 0 Å². The normalized spacial score (nSPS) is 9.50. The Morgan fingerprint density at radius 1 is 1.42 bits per heavy atom. The second-order valence-corrected chi connectivity index (χ2v) is 2.38. The molecule has 63 valence electrons. The molecule has 5 heteroatoms. The summed E-state index contributed by atoms with van der Waals surface area (Å²) >= 11 is 4.12. The molecule has 0 spiro atoms. The van der Waals surface area contributed by atoms with E-state index in [1.807, 2.05) is 5.32 Å². The molecule has 12 heavy (non-hydrogen) atoms. The molecule has 0 fully saturated rings. The van der Waals surface area contributed by atoms with Crippen LogP contribution in [0.15, 0.2) is 18.2 Å². The van der Waals surface area contributed by atoms with Gasteiger partial charge in [0.1, 0.15) is 0 Å². The summed E-state index contributed by atoms with van der Waals surface area (Å²) in [6.07, 6.45) is 0. The molecule has 0 aliphatic heterocycles. The molecule has 1 N–H and O–H groups in total. The molecule has 0 saturated heterocycles. The second-order valence-electron chi connectivity index (χ2n) is 2.01. The Balaban J connectivity index is 3.00. The van der Waals surface area contributed by atoms with Crippen LogP contribution in [0.5, 0.6) is 0 Å². The van der Waals surface area contributed by atoms with Gasteiger partial charge in [-0.15, -0.1) is 0 Å². The van der Waals surface area contributed by atoms with Crippen LogP contribution >= 0.6 is 12.2 Å². The number of hydrogen-bond acceptors (Lipinski definition) is 1. The number of benzene rings is 1. The fourth-order valence-electron chi connectivity index (χ4n) is 0.710. The first-order chi connectivity index (χ1) is 5.61. The smallest absolute Gasteiger partial charge is 0.310 e. The van der Waals surface area contributed by atoms with E-state index in [2.05, 4.69) is 12.2 Å². The minimum Gasteiger partial charge on any atom is -0.310 e. The van der Waals surface area contributed by atoms with Crippen molar-refractivity contribution in [3.63, 3.8) is 0 Å². The van der Waals surface area contributed by atoms with Gasteiger partial charge in [0.15, 0.2) is 11.6 Å². The van der Waals surface area contributed by atoms with Gasteiger partial charge < -0.3 is 5.32 Å². The SMILES string of the molecule is [O]C(=S)Nc1cccc(F)c1F. The summed E-state index contributed by atoms with van der Waals surface area (Å²) in [5, 5.41) is 11.4. The Morgan fingerprint density at radius 2 is 2.08 bits per heavy atom. The fraction of sp³-hybridized carbons (Fsp3) is 0. The van der Waals surface area contributed by atoms with E-state index in [1.54, 1.807) is 0 Å². The summed E-state index contributed by atoms with van der Waals surface area (Å²) in [5.74, 6) is -2.12. The third-order valence-corrected chi connectivity index (χ3v) is 1.29. The number of halogens is 2. The summed E-state index contributed by atoms with van der Waals surface area (Å²) in [4.78, 5) is 0. The zero-order chi connectivity index (χ0) is 9.14. The van der Waals surface area contributed by atoms with E-state index in [0.29, 0.717) is 0 Å². The predicted octanol–water partition coefficient (Wildman–Crippen LogP) is 2.09. The molecule has 0 saturated carbocycles. The minimum atomic E-state index is -1.10. The monoisotopic (exact) mass is 188 g/mol. The first kappa shape index (κ1) is 8.86. The van der Waals surface area contributed by atoms with Crippen LogP contribution in [0.4, 0.5) is 14.5 Å². The lowest BCUT2D eigenvalue weighted by atomic mass is 10.3. The highest BCUT2D eigenvalue weighted by Crippen LogP contribution is 2.16. The van der Waals surface area contributed by atoms with Gasteiger partial charge >= 0.3 is 5.17 Å². The van der Waals surface area contributed by atoms with E-state index in [9.17, 15) is 13.9 Å². The van der Waals surface area contributed by atoms with Crippen LogP contribution in [0.2, 0.25) is 0 Å². The Kier molecular flexibility index (Phi) is 2.54. The number of anilines is 1. The van der Waals surface area contributed by atoms with Crippen molar-refractivity contribution in [1.29, 1.82) is 0 Å². The van der Waals surface area contributed by atoms with Gasteiger partial charge in [-0.25, -0.2) is 8.78 Å². The van der Waals surface area contributed by atoms with E-state index in [1.165, 1.54) is 12.1 Å². The number of rotatable bonds is 1. The van der Waals surface area contributed by atoms with Gasteiger partial charge in [-0.05, 0) is 24.4 Å². The van der Waals surface area contributed by atoms with E-state index < -0.39 is 16.8 Å². The maximum Gasteiger partial charge on any atom is 0.314 e. The summed E-state index contributed by atoms with van der Waals surface area (Å²) < 4.78 is 25.2. The largest absolute Gasteiger partial charge is 0.314 e. The number of hydrogen-bond donors (Lipinski definition) is 1. The van der Waals surface area contributed by atoms with Crippen LogP contribution in [-0.4, -0.2) is 5.17 Å². The van der Waals surface area contributed by atoms with Crippen LogP contribution in [0.1, 0.15) is 0 Å². The van der Waals surface area contributed by atoms with Crippen molar-refractivity contribution >= 4 is 23.1 Å². The quantitative estimate of drug-likeness (QED) is 0.684. The minimum absolute atomic E-state index is 0.241. The van der Waals surface area contributed by atoms with Gasteiger partial charge in [-0.2, -0.15) is 0 Å². The third kappa shape index (κ3) is 1.88. The van der Waals surface area contributed by atoms with Crippen LogP contribution < -0.4 is 5.32 Å². The maximum atomic E-state index is 12.7.